The van der Waals surface area contributed by atoms with E-state index >= 15 is 0 Å². The molecule has 0 saturated heterocycles. The summed E-state index contributed by atoms with van der Waals surface area (Å²) in [4.78, 5) is 11.1. The van der Waals surface area contributed by atoms with Crippen LogP contribution >= 0.6 is 15.9 Å². The van der Waals surface area contributed by atoms with Crippen molar-refractivity contribution in [3.63, 3.8) is 0 Å². The van der Waals surface area contributed by atoms with Gasteiger partial charge in [0.15, 0.2) is 0 Å². The van der Waals surface area contributed by atoms with E-state index in [-0.39, 0.29) is 0 Å². The standard InChI is InChI=1S/C15H27BrN4/c1-5-7-8-10-20(12(3)4)15-13(16)14(17-9-6-2)18-11-19-15/h11-12H,5-10H2,1-4H3,(H,17,18,19). The van der Waals surface area contributed by atoms with Crippen molar-refractivity contribution in [2.75, 3.05) is 23.3 Å². The first kappa shape index (κ1) is 17.2. The summed E-state index contributed by atoms with van der Waals surface area (Å²) in [5.74, 6) is 1.88. The van der Waals surface area contributed by atoms with Gasteiger partial charge in [-0.3, -0.25) is 0 Å². The Morgan fingerprint density at radius 1 is 1.20 bits per heavy atom. The van der Waals surface area contributed by atoms with Gasteiger partial charge in [0.1, 0.15) is 22.4 Å². The zero-order valence-electron chi connectivity index (χ0n) is 13.1. The topological polar surface area (TPSA) is 41.1 Å². The summed E-state index contributed by atoms with van der Waals surface area (Å²) in [5.41, 5.74) is 0. The van der Waals surface area contributed by atoms with Crippen LogP contribution in [-0.2, 0) is 0 Å². The van der Waals surface area contributed by atoms with Gasteiger partial charge in [-0.25, -0.2) is 9.97 Å². The summed E-state index contributed by atoms with van der Waals surface area (Å²) in [6, 6.07) is 0.428. The van der Waals surface area contributed by atoms with Crippen LogP contribution in [0.3, 0.4) is 0 Å². The van der Waals surface area contributed by atoms with Crippen molar-refractivity contribution in [1.82, 2.24) is 9.97 Å². The molecule has 0 saturated carbocycles. The van der Waals surface area contributed by atoms with Gasteiger partial charge in [0, 0.05) is 19.1 Å². The van der Waals surface area contributed by atoms with Gasteiger partial charge < -0.3 is 10.2 Å². The molecule has 0 radical (unpaired) electrons. The minimum Gasteiger partial charge on any atom is -0.369 e. The molecule has 0 atom stereocenters. The average Bonchev–Trinajstić information content (AvgIpc) is 2.43. The van der Waals surface area contributed by atoms with Crippen LogP contribution in [0.15, 0.2) is 10.8 Å². The molecule has 0 bridgehead atoms. The number of aromatic nitrogens is 2. The van der Waals surface area contributed by atoms with Crippen molar-refractivity contribution in [1.29, 1.82) is 0 Å². The molecular formula is C15H27BrN4. The van der Waals surface area contributed by atoms with Crippen molar-refractivity contribution in [3.8, 4) is 0 Å². The van der Waals surface area contributed by atoms with Gasteiger partial charge in [-0.2, -0.15) is 0 Å². The number of rotatable bonds is 9. The number of hydrogen-bond acceptors (Lipinski definition) is 4. The monoisotopic (exact) mass is 342 g/mol. The minimum atomic E-state index is 0.428. The molecule has 0 aliphatic heterocycles. The van der Waals surface area contributed by atoms with E-state index in [0.717, 1.165) is 35.6 Å². The lowest BCUT2D eigenvalue weighted by molar-refractivity contribution is 0.618. The highest BCUT2D eigenvalue weighted by atomic mass is 79.9. The normalized spacial score (nSPS) is 10.9. The molecule has 0 aromatic carbocycles. The molecule has 4 nitrogen and oxygen atoms in total. The lowest BCUT2D eigenvalue weighted by Gasteiger charge is -2.29. The maximum atomic E-state index is 4.48. The Hall–Kier alpha value is -0.840. The van der Waals surface area contributed by atoms with Crippen LogP contribution in [0.1, 0.15) is 53.4 Å². The van der Waals surface area contributed by atoms with Gasteiger partial charge in [0.2, 0.25) is 0 Å². The van der Waals surface area contributed by atoms with Gasteiger partial charge in [0.05, 0.1) is 0 Å². The van der Waals surface area contributed by atoms with Crippen molar-refractivity contribution < 1.29 is 0 Å². The van der Waals surface area contributed by atoms with Crippen molar-refractivity contribution in [2.45, 2.75) is 59.4 Å². The Labute approximate surface area is 131 Å². The van der Waals surface area contributed by atoms with E-state index in [2.05, 4.69) is 63.8 Å². The molecule has 1 heterocycles. The Morgan fingerprint density at radius 3 is 2.55 bits per heavy atom. The molecule has 20 heavy (non-hydrogen) atoms. The first-order valence-corrected chi connectivity index (χ1v) is 8.42. The maximum absolute atomic E-state index is 4.48. The molecule has 1 aromatic heterocycles. The number of anilines is 2. The zero-order valence-corrected chi connectivity index (χ0v) is 14.7. The molecule has 0 amide bonds. The maximum Gasteiger partial charge on any atom is 0.148 e. The predicted octanol–water partition coefficient (Wildman–Crippen LogP) is 4.47. The molecule has 0 fully saturated rings. The SMILES string of the molecule is CCCCCN(c1ncnc(NCCC)c1Br)C(C)C. The average molecular weight is 343 g/mol. The van der Waals surface area contributed by atoms with E-state index in [0.29, 0.717) is 6.04 Å². The highest BCUT2D eigenvalue weighted by Crippen LogP contribution is 2.30. The van der Waals surface area contributed by atoms with Crippen LogP contribution in [-0.4, -0.2) is 29.1 Å². The summed E-state index contributed by atoms with van der Waals surface area (Å²) >= 11 is 3.66. The van der Waals surface area contributed by atoms with Crippen LogP contribution in [0.5, 0.6) is 0 Å². The second-order valence-corrected chi connectivity index (χ2v) is 6.07. The third kappa shape index (κ3) is 4.93. The van der Waals surface area contributed by atoms with E-state index in [1.54, 1.807) is 6.33 Å². The van der Waals surface area contributed by atoms with Crippen LogP contribution in [0, 0.1) is 0 Å². The number of nitrogens with zero attached hydrogens (tertiary/aromatic N) is 3. The Kier molecular flexibility index (Phi) is 7.88. The lowest BCUT2D eigenvalue weighted by atomic mass is 10.2. The molecule has 1 aromatic rings. The minimum absolute atomic E-state index is 0.428. The van der Waals surface area contributed by atoms with Crippen LogP contribution < -0.4 is 10.2 Å². The Balaban J connectivity index is 2.89. The highest BCUT2D eigenvalue weighted by Gasteiger charge is 2.17. The molecule has 1 N–H and O–H groups in total. The molecule has 0 aliphatic rings. The van der Waals surface area contributed by atoms with Gasteiger partial charge in [0.25, 0.3) is 0 Å². The third-order valence-electron chi connectivity index (χ3n) is 3.21. The van der Waals surface area contributed by atoms with E-state index in [1.165, 1.54) is 19.3 Å². The van der Waals surface area contributed by atoms with E-state index in [1.807, 2.05) is 0 Å². The summed E-state index contributed by atoms with van der Waals surface area (Å²) in [7, 11) is 0. The largest absolute Gasteiger partial charge is 0.369 e. The van der Waals surface area contributed by atoms with Gasteiger partial charge in [-0.15, -0.1) is 0 Å². The number of unbranched alkanes of at least 4 members (excludes halogenated alkanes) is 2. The summed E-state index contributed by atoms with van der Waals surface area (Å²) in [6.45, 7) is 10.8. The molecular weight excluding hydrogens is 316 g/mol. The molecule has 1 rings (SSSR count). The lowest BCUT2D eigenvalue weighted by Crippen LogP contribution is -2.33. The zero-order chi connectivity index (χ0) is 15.0. The molecule has 0 unspecified atom stereocenters. The quantitative estimate of drug-likeness (QED) is 0.672. The van der Waals surface area contributed by atoms with Crippen molar-refractivity contribution in [2.24, 2.45) is 0 Å². The summed E-state index contributed by atoms with van der Waals surface area (Å²) in [6.07, 6.45) is 6.42. The fourth-order valence-electron chi connectivity index (χ4n) is 2.07. The number of halogens is 1. The second kappa shape index (κ2) is 9.16. The molecule has 0 aliphatic carbocycles. The Bertz CT molecular complexity index is 395. The van der Waals surface area contributed by atoms with E-state index in [9.17, 15) is 0 Å². The number of hydrogen-bond donors (Lipinski definition) is 1. The Morgan fingerprint density at radius 2 is 1.95 bits per heavy atom. The summed E-state index contributed by atoms with van der Waals surface area (Å²) < 4.78 is 0.971. The van der Waals surface area contributed by atoms with Crippen molar-refractivity contribution in [3.05, 3.63) is 10.8 Å². The molecule has 5 heteroatoms. The second-order valence-electron chi connectivity index (χ2n) is 5.28. The third-order valence-corrected chi connectivity index (χ3v) is 3.94. The fraction of sp³-hybridized carbons (Fsp3) is 0.733. The molecule has 0 spiro atoms. The predicted molar refractivity (Wildman–Crippen MR) is 90.5 cm³/mol. The smallest absolute Gasteiger partial charge is 0.148 e. The van der Waals surface area contributed by atoms with Crippen LogP contribution in [0.4, 0.5) is 11.6 Å². The molecule has 114 valence electrons. The van der Waals surface area contributed by atoms with E-state index in [4.69, 9.17) is 0 Å². The van der Waals surface area contributed by atoms with Gasteiger partial charge in [-0.05, 0) is 42.6 Å². The van der Waals surface area contributed by atoms with Crippen molar-refractivity contribution >= 4 is 27.6 Å². The highest BCUT2D eigenvalue weighted by molar-refractivity contribution is 9.10. The first-order chi connectivity index (χ1) is 9.61. The van der Waals surface area contributed by atoms with Gasteiger partial charge >= 0.3 is 0 Å². The van der Waals surface area contributed by atoms with Crippen LogP contribution in [0.25, 0.3) is 0 Å². The fourth-order valence-corrected chi connectivity index (χ4v) is 2.64. The van der Waals surface area contributed by atoms with E-state index < -0.39 is 0 Å². The van der Waals surface area contributed by atoms with Gasteiger partial charge in [-0.1, -0.05) is 26.7 Å². The summed E-state index contributed by atoms with van der Waals surface area (Å²) in [5, 5.41) is 3.34. The van der Waals surface area contributed by atoms with Crippen LogP contribution in [0.2, 0.25) is 0 Å². The first-order valence-electron chi connectivity index (χ1n) is 7.62. The number of nitrogens with one attached hydrogen (secondary N) is 1.